The highest BCUT2D eigenvalue weighted by Gasteiger charge is 2.25. The highest BCUT2D eigenvalue weighted by Crippen LogP contribution is 2.25. The second-order valence-corrected chi connectivity index (χ2v) is 6.42. The Balaban J connectivity index is 2.32. The summed E-state index contributed by atoms with van der Waals surface area (Å²) in [5.74, 6) is 0. The second-order valence-electron chi connectivity index (χ2n) is 4.42. The summed E-state index contributed by atoms with van der Waals surface area (Å²) >= 11 is 0. The molecule has 0 aliphatic rings. The summed E-state index contributed by atoms with van der Waals surface area (Å²) in [6.45, 7) is 1.88. The fourth-order valence-corrected chi connectivity index (χ4v) is 3.28. The van der Waals surface area contributed by atoms with Crippen molar-refractivity contribution in [2.45, 2.75) is 17.9 Å². The van der Waals surface area contributed by atoms with E-state index < -0.39 is 10.0 Å². The van der Waals surface area contributed by atoms with Crippen LogP contribution in [0, 0.1) is 0 Å². The Morgan fingerprint density at radius 1 is 0.895 bits per heavy atom. The molecule has 2 aromatic carbocycles. The van der Waals surface area contributed by atoms with E-state index in [0.717, 1.165) is 5.56 Å². The van der Waals surface area contributed by atoms with Crippen LogP contribution < -0.4 is 0 Å². The van der Waals surface area contributed by atoms with Crippen molar-refractivity contribution in [3.8, 4) is 0 Å². The first-order chi connectivity index (χ1) is 9.03. The van der Waals surface area contributed by atoms with E-state index in [1.54, 1.807) is 37.4 Å². The molecule has 0 radical (unpaired) electrons. The third-order valence-electron chi connectivity index (χ3n) is 3.25. The van der Waals surface area contributed by atoms with Crippen LogP contribution >= 0.6 is 0 Å². The minimum atomic E-state index is -3.45. The first-order valence-corrected chi connectivity index (χ1v) is 7.55. The average Bonchev–Trinajstić information content (AvgIpc) is 2.47. The second kappa shape index (κ2) is 5.55. The molecule has 0 fully saturated rings. The molecule has 0 spiro atoms. The van der Waals surface area contributed by atoms with Crippen molar-refractivity contribution < 1.29 is 8.42 Å². The molecule has 0 bridgehead atoms. The number of sulfonamides is 1. The van der Waals surface area contributed by atoms with Gasteiger partial charge < -0.3 is 0 Å². The SMILES string of the molecule is CC(c1ccccc1)N(C)S(=O)(=O)c1ccccc1. The molecule has 19 heavy (non-hydrogen) atoms. The fraction of sp³-hybridized carbons (Fsp3) is 0.200. The van der Waals surface area contributed by atoms with Crippen LogP contribution in [-0.4, -0.2) is 19.8 Å². The topological polar surface area (TPSA) is 37.4 Å². The van der Waals surface area contributed by atoms with Crippen LogP contribution in [0.1, 0.15) is 18.5 Å². The van der Waals surface area contributed by atoms with Crippen LogP contribution in [0.15, 0.2) is 65.6 Å². The average molecular weight is 275 g/mol. The minimum Gasteiger partial charge on any atom is -0.207 e. The number of benzene rings is 2. The van der Waals surface area contributed by atoms with Crippen molar-refractivity contribution in [3.63, 3.8) is 0 Å². The lowest BCUT2D eigenvalue weighted by atomic mass is 10.1. The van der Waals surface area contributed by atoms with Crippen molar-refractivity contribution in [2.75, 3.05) is 7.05 Å². The zero-order valence-corrected chi connectivity index (χ0v) is 11.8. The number of nitrogens with zero attached hydrogens (tertiary/aromatic N) is 1. The molecule has 0 heterocycles. The summed E-state index contributed by atoms with van der Waals surface area (Å²) in [5, 5.41) is 0. The quantitative estimate of drug-likeness (QED) is 0.860. The van der Waals surface area contributed by atoms with E-state index in [0.29, 0.717) is 4.90 Å². The molecule has 2 aromatic rings. The standard InChI is InChI=1S/C15H17NO2S/c1-13(14-9-5-3-6-10-14)16(2)19(17,18)15-11-7-4-8-12-15/h3-13H,1-2H3. The van der Waals surface area contributed by atoms with Crippen molar-refractivity contribution in [2.24, 2.45) is 0 Å². The van der Waals surface area contributed by atoms with Crippen LogP contribution in [0.3, 0.4) is 0 Å². The van der Waals surface area contributed by atoms with Gasteiger partial charge in [-0.15, -0.1) is 0 Å². The molecular weight excluding hydrogens is 258 g/mol. The highest BCUT2D eigenvalue weighted by molar-refractivity contribution is 7.89. The lowest BCUT2D eigenvalue weighted by Crippen LogP contribution is -2.29. The largest absolute Gasteiger partial charge is 0.243 e. The molecule has 2 rings (SSSR count). The van der Waals surface area contributed by atoms with Gasteiger partial charge in [0.15, 0.2) is 0 Å². The van der Waals surface area contributed by atoms with Gasteiger partial charge in [0, 0.05) is 13.1 Å². The maximum atomic E-state index is 12.5. The number of rotatable bonds is 4. The zero-order chi connectivity index (χ0) is 13.9. The van der Waals surface area contributed by atoms with E-state index in [4.69, 9.17) is 0 Å². The van der Waals surface area contributed by atoms with Crippen LogP contribution in [0.2, 0.25) is 0 Å². The van der Waals surface area contributed by atoms with Gasteiger partial charge >= 0.3 is 0 Å². The van der Waals surface area contributed by atoms with Gasteiger partial charge in [-0.2, -0.15) is 4.31 Å². The predicted octanol–water partition coefficient (Wildman–Crippen LogP) is 3.07. The molecule has 100 valence electrons. The van der Waals surface area contributed by atoms with E-state index in [1.165, 1.54) is 4.31 Å². The summed E-state index contributed by atoms with van der Waals surface area (Å²) in [6.07, 6.45) is 0. The summed E-state index contributed by atoms with van der Waals surface area (Å²) in [6, 6.07) is 17.9. The Labute approximate surface area is 114 Å². The lowest BCUT2D eigenvalue weighted by molar-refractivity contribution is 0.398. The molecule has 0 amide bonds. The molecular formula is C15H17NO2S. The highest BCUT2D eigenvalue weighted by atomic mass is 32.2. The van der Waals surface area contributed by atoms with E-state index in [2.05, 4.69) is 0 Å². The Morgan fingerprint density at radius 2 is 1.37 bits per heavy atom. The molecule has 0 N–H and O–H groups in total. The van der Waals surface area contributed by atoms with Gasteiger partial charge in [0.2, 0.25) is 10.0 Å². The molecule has 0 aliphatic heterocycles. The Hall–Kier alpha value is -1.65. The predicted molar refractivity (Wildman–Crippen MR) is 76.2 cm³/mol. The molecule has 0 saturated carbocycles. The molecule has 0 aromatic heterocycles. The third-order valence-corrected chi connectivity index (χ3v) is 5.19. The van der Waals surface area contributed by atoms with Gasteiger partial charge in [0.05, 0.1) is 4.90 Å². The van der Waals surface area contributed by atoms with Gasteiger partial charge in [0.25, 0.3) is 0 Å². The molecule has 1 atom stereocenters. The van der Waals surface area contributed by atoms with Gasteiger partial charge in [-0.05, 0) is 24.6 Å². The van der Waals surface area contributed by atoms with E-state index >= 15 is 0 Å². The zero-order valence-electron chi connectivity index (χ0n) is 11.0. The Kier molecular flexibility index (Phi) is 4.02. The van der Waals surface area contributed by atoms with Crippen molar-refractivity contribution in [1.29, 1.82) is 0 Å². The Bertz CT molecular complexity index is 624. The van der Waals surface area contributed by atoms with Crippen LogP contribution in [0.5, 0.6) is 0 Å². The Morgan fingerprint density at radius 3 is 1.89 bits per heavy atom. The molecule has 0 aliphatic carbocycles. The van der Waals surface area contributed by atoms with Gasteiger partial charge in [0.1, 0.15) is 0 Å². The van der Waals surface area contributed by atoms with E-state index in [9.17, 15) is 8.42 Å². The molecule has 4 heteroatoms. The summed E-state index contributed by atoms with van der Waals surface area (Å²) in [5.41, 5.74) is 0.976. The minimum absolute atomic E-state index is 0.202. The fourth-order valence-electron chi connectivity index (χ4n) is 1.91. The van der Waals surface area contributed by atoms with Crippen LogP contribution in [-0.2, 0) is 10.0 Å². The summed E-state index contributed by atoms with van der Waals surface area (Å²) < 4.78 is 26.3. The normalized spacial score (nSPS) is 13.4. The number of hydrogen-bond acceptors (Lipinski definition) is 2. The van der Waals surface area contributed by atoms with Crippen LogP contribution in [0.25, 0.3) is 0 Å². The number of hydrogen-bond donors (Lipinski definition) is 0. The molecule has 3 nitrogen and oxygen atoms in total. The summed E-state index contributed by atoms with van der Waals surface area (Å²) in [7, 11) is -1.84. The monoisotopic (exact) mass is 275 g/mol. The van der Waals surface area contributed by atoms with Crippen molar-refractivity contribution in [1.82, 2.24) is 4.31 Å². The molecule has 0 saturated heterocycles. The van der Waals surface area contributed by atoms with Gasteiger partial charge in [-0.1, -0.05) is 48.5 Å². The third kappa shape index (κ3) is 2.85. The van der Waals surface area contributed by atoms with Crippen molar-refractivity contribution in [3.05, 3.63) is 66.2 Å². The maximum Gasteiger partial charge on any atom is 0.243 e. The van der Waals surface area contributed by atoms with Gasteiger partial charge in [-0.25, -0.2) is 8.42 Å². The first-order valence-electron chi connectivity index (χ1n) is 6.11. The molecule has 1 unspecified atom stereocenters. The first kappa shape index (κ1) is 13.8. The maximum absolute atomic E-state index is 12.5. The van der Waals surface area contributed by atoms with Crippen molar-refractivity contribution >= 4 is 10.0 Å². The van der Waals surface area contributed by atoms with E-state index in [1.807, 2.05) is 37.3 Å². The lowest BCUT2D eigenvalue weighted by Gasteiger charge is -2.24. The smallest absolute Gasteiger partial charge is 0.207 e. The van der Waals surface area contributed by atoms with Crippen LogP contribution in [0.4, 0.5) is 0 Å². The summed E-state index contributed by atoms with van der Waals surface area (Å²) in [4.78, 5) is 0.320. The van der Waals surface area contributed by atoms with Gasteiger partial charge in [-0.3, -0.25) is 0 Å². The van der Waals surface area contributed by atoms with E-state index in [-0.39, 0.29) is 6.04 Å².